The normalized spacial score (nSPS) is 35.8. The molecule has 0 aliphatic heterocycles. The number of carbonyl (C=O) groups excluding carboxylic acids is 1. The Hall–Kier alpha value is -1.05. The maximum atomic E-state index is 11.8. The number of rotatable bonds is 2. The molecule has 0 radical (unpaired) electrons. The van der Waals surface area contributed by atoms with Gasteiger partial charge in [0.15, 0.2) is 5.76 Å². The molecule has 2 atom stereocenters. The molecule has 0 saturated heterocycles. The van der Waals surface area contributed by atoms with Gasteiger partial charge in [0.05, 0.1) is 6.26 Å². The highest BCUT2D eigenvalue weighted by Gasteiger charge is 2.48. The monoisotopic (exact) mass is 176 g/mol. The first-order valence-electron chi connectivity index (χ1n) is 4.92. The van der Waals surface area contributed by atoms with E-state index in [4.69, 9.17) is 4.42 Å². The predicted molar refractivity (Wildman–Crippen MR) is 47.4 cm³/mol. The highest BCUT2D eigenvalue weighted by atomic mass is 16.3. The molecule has 0 amide bonds. The topological polar surface area (TPSA) is 30.2 Å². The first-order chi connectivity index (χ1) is 6.34. The summed E-state index contributed by atoms with van der Waals surface area (Å²) in [6, 6.07) is 3.55. The van der Waals surface area contributed by atoms with Gasteiger partial charge in [-0.25, -0.2) is 0 Å². The Labute approximate surface area is 76.9 Å². The minimum absolute atomic E-state index is 0.220. The zero-order valence-corrected chi connectivity index (χ0v) is 7.40. The minimum atomic E-state index is 0.220. The third-order valence-corrected chi connectivity index (χ3v) is 3.38. The third kappa shape index (κ3) is 1.12. The fourth-order valence-electron chi connectivity index (χ4n) is 2.55. The molecule has 0 aromatic carbocycles. The molecule has 2 aliphatic carbocycles. The van der Waals surface area contributed by atoms with E-state index in [1.807, 2.05) is 0 Å². The molecular formula is C11H12O2. The van der Waals surface area contributed by atoms with Crippen molar-refractivity contribution in [3.63, 3.8) is 0 Å². The van der Waals surface area contributed by atoms with Gasteiger partial charge in [-0.1, -0.05) is 0 Å². The molecule has 2 unspecified atom stereocenters. The lowest BCUT2D eigenvalue weighted by Gasteiger charge is -2.07. The highest BCUT2D eigenvalue weighted by molar-refractivity contribution is 5.95. The summed E-state index contributed by atoms with van der Waals surface area (Å²) in [5.74, 6) is 2.76. The van der Waals surface area contributed by atoms with Crippen LogP contribution in [0.15, 0.2) is 22.8 Å². The Morgan fingerprint density at radius 1 is 1.31 bits per heavy atom. The maximum Gasteiger partial charge on any atom is 0.201 e. The van der Waals surface area contributed by atoms with E-state index < -0.39 is 0 Å². The van der Waals surface area contributed by atoms with Crippen LogP contribution in [0.5, 0.6) is 0 Å². The Morgan fingerprint density at radius 2 is 2.08 bits per heavy atom. The SMILES string of the molecule is O=C(c1ccco1)C1CC2CC2C1. The van der Waals surface area contributed by atoms with Crippen LogP contribution in [-0.4, -0.2) is 5.78 Å². The number of Topliss-reactive ketones (excluding diaryl/α,β-unsaturated/α-hetero) is 1. The second-order valence-electron chi connectivity index (χ2n) is 4.27. The molecule has 2 aliphatic rings. The summed E-state index contributed by atoms with van der Waals surface area (Å²) in [5.41, 5.74) is 0. The Balaban J connectivity index is 1.75. The van der Waals surface area contributed by atoms with E-state index in [0.29, 0.717) is 5.76 Å². The van der Waals surface area contributed by atoms with Crippen LogP contribution in [-0.2, 0) is 0 Å². The molecule has 2 saturated carbocycles. The van der Waals surface area contributed by atoms with Crippen LogP contribution in [0.3, 0.4) is 0 Å². The summed E-state index contributed by atoms with van der Waals surface area (Å²) < 4.78 is 5.11. The van der Waals surface area contributed by atoms with Gasteiger partial charge in [0.25, 0.3) is 0 Å². The fraction of sp³-hybridized carbons (Fsp3) is 0.545. The van der Waals surface area contributed by atoms with Gasteiger partial charge in [0.1, 0.15) is 0 Å². The first kappa shape index (κ1) is 7.36. The molecule has 3 rings (SSSR count). The van der Waals surface area contributed by atoms with E-state index in [9.17, 15) is 4.79 Å². The van der Waals surface area contributed by atoms with Crippen molar-refractivity contribution in [1.29, 1.82) is 0 Å². The van der Waals surface area contributed by atoms with Gasteiger partial charge in [0, 0.05) is 5.92 Å². The molecule has 1 aromatic rings. The third-order valence-electron chi connectivity index (χ3n) is 3.38. The van der Waals surface area contributed by atoms with Crippen LogP contribution in [0.25, 0.3) is 0 Å². The second kappa shape index (κ2) is 2.47. The molecule has 1 heterocycles. The summed E-state index contributed by atoms with van der Waals surface area (Å²) in [6.45, 7) is 0. The van der Waals surface area contributed by atoms with Gasteiger partial charge >= 0.3 is 0 Å². The molecule has 2 nitrogen and oxygen atoms in total. The standard InChI is InChI=1S/C11H12O2/c12-11(10-2-1-3-13-10)9-5-7-4-8(7)6-9/h1-3,7-9H,4-6H2. The van der Waals surface area contributed by atoms with E-state index in [2.05, 4.69) is 0 Å². The largest absolute Gasteiger partial charge is 0.461 e. The zero-order valence-electron chi connectivity index (χ0n) is 7.40. The Bertz CT molecular complexity index is 316. The first-order valence-corrected chi connectivity index (χ1v) is 4.92. The molecule has 13 heavy (non-hydrogen) atoms. The number of carbonyl (C=O) groups is 1. The minimum Gasteiger partial charge on any atom is -0.461 e. The fourth-order valence-corrected chi connectivity index (χ4v) is 2.55. The van der Waals surface area contributed by atoms with Crippen molar-refractivity contribution in [1.82, 2.24) is 0 Å². The molecule has 0 bridgehead atoms. The van der Waals surface area contributed by atoms with Crippen molar-refractivity contribution in [2.75, 3.05) is 0 Å². The van der Waals surface area contributed by atoms with Crippen molar-refractivity contribution in [3.05, 3.63) is 24.2 Å². The molecule has 0 N–H and O–H groups in total. The molecular weight excluding hydrogens is 164 g/mol. The lowest BCUT2D eigenvalue weighted by atomic mass is 9.97. The average molecular weight is 176 g/mol. The molecule has 68 valence electrons. The summed E-state index contributed by atoms with van der Waals surface area (Å²) in [4.78, 5) is 11.8. The van der Waals surface area contributed by atoms with Crippen molar-refractivity contribution >= 4 is 5.78 Å². The Morgan fingerprint density at radius 3 is 2.69 bits per heavy atom. The van der Waals surface area contributed by atoms with Crippen molar-refractivity contribution < 1.29 is 9.21 Å². The van der Waals surface area contributed by atoms with Crippen LogP contribution in [0.2, 0.25) is 0 Å². The van der Waals surface area contributed by atoms with E-state index in [-0.39, 0.29) is 11.7 Å². The van der Waals surface area contributed by atoms with Crippen LogP contribution in [0, 0.1) is 17.8 Å². The predicted octanol–water partition coefficient (Wildman–Crippen LogP) is 2.51. The maximum absolute atomic E-state index is 11.8. The smallest absolute Gasteiger partial charge is 0.201 e. The van der Waals surface area contributed by atoms with Gasteiger partial charge in [-0.15, -0.1) is 0 Å². The molecule has 2 fully saturated rings. The van der Waals surface area contributed by atoms with Gasteiger partial charge in [-0.3, -0.25) is 4.79 Å². The van der Waals surface area contributed by atoms with Crippen LogP contribution < -0.4 is 0 Å². The zero-order chi connectivity index (χ0) is 8.84. The summed E-state index contributed by atoms with van der Waals surface area (Å²) in [6.07, 6.45) is 5.14. The van der Waals surface area contributed by atoms with Gasteiger partial charge in [0.2, 0.25) is 5.78 Å². The number of ketones is 1. The van der Waals surface area contributed by atoms with Crippen molar-refractivity contribution in [2.24, 2.45) is 17.8 Å². The summed E-state index contributed by atoms with van der Waals surface area (Å²) in [7, 11) is 0. The van der Waals surface area contributed by atoms with E-state index in [0.717, 1.165) is 24.7 Å². The van der Waals surface area contributed by atoms with E-state index >= 15 is 0 Å². The summed E-state index contributed by atoms with van der Waals surface area (Å²) >= 11 is 0. The number of fused-ring (bicyclic) bond motifs is 1. The summed E-state index contributed by atoms with van der Waals surface area (Å²) in [5, 5.41) is 0. The highest BCUT2D eigenvalue weighted by Crippen LogP contribution is 2.54. The van der Waals surface area contributed by atoms with Crippen LogP contribution in [0.1, 0.15) is 29.8 Å². The second-order valence-corrected chi connectivity index (χ2v) is 4.27. The van der Waals surface area contributed by atoms with Crippen LogP contribution >= 0.6 is 0 Å². The Kier molecular flexibility index (Phi) is 1.40. The lowest BCUT2D eigenvalue weighted by Crippen LogP contribution is -2.11. The van der Waals surface area contributed by atoms with E-state index in [1.54, 1.807) is 18.4 Å². The quantitative estimate of drug-likeness (QED) is 0.648. The average Bonchev–Trinajstić information content (AvgIpc) is 2.63. The van der Waals surface area contributed by atoms with Crippen molar-refractivity contribution in [2.45, 2.75) is 19.3 Å². The number of hydrogen-bond acceptors (Lipinski definition) is 2. The van der Waals surface area contributed by atoms with Crippen LogP contribution in [0.4, 0.5) is 0 Å². The lowest BCUT2D eigenvalue weighted by molar-refractivity contribution is 0.0886. The number of furan rings is 1. The van der Waals surface area contributed by atoms with Crippen molar-refractivity contribution in [3.8, 4) is 0 Å². The van der Waals surface area contributed by atoms with Gasteiger partial charge in [-0.05, 0) is 43.2 Å². The molecule has 1 aromatic heterocycles. The molecule has 2 heteroatoms. The molecule has 0 spiro atoms. The van der Waals surface area contributed by atoms with Gasteiger partial charge < -0.3 is 4.42 Å². The number of hydrogen-bond donors (Lipinski definition) is 0. The van der Waals surface area contributed by atoms with Gasteiger partial charge in [-0.2, -0.15) is 0 Å². The van der Waals surface area contributed by atoms with E-state index in [1.165, 1.54) is 6.42 Å².